The molecule has 0 aromatic heterocycles. The first-order chi connectivity index (χ1) is 9.70. The molecule has 0 aliphatic carbocycles. The topological polar surface area (TPSA) is 52.7 Å². The van der Waals surface area contributed by atoms with Crippen LogP contribution in [0.4, 0.5) is 0 Å². The summed E-state index contributed by atoms with van der Waals surface area (Å²) in [5.74, 6) is -0.907. The van der Waals surface area contributed by atoms with Crippen molar-refractivity contribution >= 4 is 11.8 Å². The molecule has 2 rings (SSSR count). The SMILES string of the molecule is CCNC(=O)C(=O)N1CCN(Cc2ccccc2)CC1. The van der Waals surface area contributed by atoms with E-state index >= 15 is 0 Å². The molecule has 1 N–H and O–H groups in total. The maximum atomic E-state index is 11.8. The molecule has 1 fully saturated rings. The first-order valence-corrected chi connectivity index (χ1v) is 7.04. The molecule has 1 aromatic rings. The maximum Gasteiger partial charge on any atom is 0.311 e. The number of carbonyl (C=O) groups is 2. The van der Waals surface area contributed by atoms with Crippen LogP contribution in [0.1, 0.15) is 12.5 Å². The van der Waals surface area contributed by atoms with Crippen molar-refractivity contribution in [3.05, 3.63) is 35.9 Å². The van der Waals surface area contributed by atoms with Crippen LogP contribution in [0.2, 0.25) is 0 Å². The number of amides is 2. The van der Waals surface area contributed by atoms with E-state index in [2.05, 4.69) is 22.3 Å². The van der Waals surface area contributed by atoms with Crippen molar-refractivity contribution in [3.63, 3.8) is 0 Å². The van der Waals surface area contributed by atoms with Gasteiger partial charge >= 0.3 is 11.8 Å². The molecule has 2 amide bonds. The van der Waals surface area contributed by atoms with Crippen LogP contribution < -0.4 is 5.32 Å². The van der Waals surface area contributed by atoms with Crippen molar-refractivity contribution in [1.82, 2.24) is 15.1 Å². The molecule has 0 atom stereocenters. The van der Waals surface area contributed by atoms with Gasteiger partial charge in [0.05, 0.1) is 0 Å². The van der Waals surface area contributed by atoms with Gasteiger partial charge in [0.25, 0.3) is 0 Å². The average molecular weight is 275 g/mol. The minimum Gasteiger partial charge on any atom is -0.348 e. The number of rotatable bonds is 3. The van der Waals surface area contributed by atoms with E-state index < -0.39 is 11.8 Å². The fourth-order valence-electron chi connectivity index (χ4n) is 2.33. The number of nitrogens with one attached hydrogen (secondary N) is 1. The molecule has 0 spiro atoms. The summed E-state index contributed by atoms with van der Waals surface area (Å²) in [7, 11) is 0. The Bertz CT molecular complexity index is 453. The lowest BCUT2D eigenvalue weighted by Crippen LogP contribution is -2.52. The van der Waals surface area contributed by atoms with Crippen molar-refractivity contribution in [2.45, 2.75) is 13.5 Å². The van der Waals surface area contributed by atoms with Gasteiger partial charge in [0.2, 0.25) is 0 Å². The van der Waals surface area contributed by atoms with Gasteiger partial charge in [-0.15, -0.1) is 0 Å². The molecule has 5 nitrogen and oxygen atoms in total. The van der Waals surface area contributed by atoms with Gasteiger partial charge in [0.15, 0.2) is 0 Å². The largest absolute Gasteiger partial charge is 0.348 e. The Kier molecular flexibility index (Phi) is 5.12. The van der Waals surface area contributed by atoms with Gasteiger partial charge in [-0.1, -0.05) is 30.3 Å². The van der Waals surface area contributed by atoms with Gasteiger partial charge < -0.3 is 10.2 Å². The molecule has 0 radical (unpaired) electrons. The van der Waals surface area contributed by atoms with Crippen LogP contribution in [0.25, 0.3) is 0 Å². The van der Waals surface area contributed by atoms with Gasteiger partial charge in [-0.05, 0) is 12.5 Å². The number of piperazine rings is 1. The van der Waals surface area contributed by atoms with E-state index in [1.807, 2.05) is 25.1 Å². The zero-order valence-electron chi connectivity index (χ0n) is 11.8. The molecule has 0 saturated carbocycles. The third kappa shape index (κ3) is 3.81. The Hall–Kier alpha value is -1.88. The van der Waals surface area contributed by atoms with E-state index in [0.29, 0.717) is 19.6 Å². The first-order valence-electron chi connectivity index (χ1n) is 7.04. The summed E-state index contributed by atoms with van der Waals surface area (Å²) in [5.41, 5.74) is 1.27. The van der Waals surface area contributed by atoms with Crippen LogP contribution in [0.5, 0.6) is 0 Å². The van der Waals surface area contributed by atoms with Gasteiger partial charge in [-0.2, -0.15) is 0 Å². The number of hydrogen-bond acceptors (Lipinski definition) is 3. The Morgan fingerprint density at radius 3 is 2.35 bits per heavy atom. The van der Waals surface area contributed by atoms with E-state index in [0.717, 1.165) is 19.6 Å². The predicted molar refractivity (Wildman–Crippen MR) is 77.0 cm³/mol. The van der Waals surface area contributed by atoms with Crippen molar-refractivity contribution < 1.29 is 9.59 Å². The molecule has 1 aromatic carbocycles. The molecule has 1 saturated heterocycles. The van der Waals surface area contributed by atoms with Crippen LogP contribution in [0, 0.1) is 0 Å². The van der Waals surface area contributed by atoms with Gasteiger partial charge in [0, 0.05) is 39.3 Å². The molecule has 0 unspecified atom stereocenters. The maximum absolute atomic E-state index is 11.8. The third-order valence-corrected chi connectivity index (χ3v) is 3.44. The average Bonchev–Trinajstić information content (AvgIpc) is 2.48. The summed E-state index contributed by atoms with van der Waals surface area (Å²) in [4.78, 5) is 27.3. The van der Waals surface area contributed by atoms with Crippen LogP contribution >= 0.6 is 0 Å². The number of nitrogens with zero attached hydrogens (tertiary/aromatic N) is 2. The van der Waals surface area contributed by atoms with E-state index in [-0.39, 0.29) is 0 Å². The van der Waals surface area contributed by atoms with Crippen molar-refractivity contribution in [1.29, 1.82) is 0 Å². The monoisotopic (exact) mass is 275 g/mol. The zero-order valence-corrected chi connectivity index (χ0v) is 11.8. The van der Waals surface area contributed by atoms with Crippen molar-refractivity contribution in [2.75, 3.05) is 32.7 Å². The molecule has 1 heterocycles. The normalized spacial score (nSPS) is 15.9. The zero-order chi connectivity index (χ0) is 14.4. The molecule has 1 aliphatic heterocycles. The Labute approximate surface area is 119 Å². The van der Waals surface area contributed by atoms with E-state index in [1.54, 1.807) is 4.90 Å². The van der Waals surface area contributed by atoms with Crippen LogP contribution in [0.15, 0.2) is 30.3 Å². The van der Waals surface area contributed by atoms with Gasteiger partial charge in [-0.25, -0.2) is 0 Å². The fraction of sp³-hybridized carbons (Fsp3) is 0.467. The van der Waals surface area contributed by atoms with E-state index in [1.165, 1.54) is 5.56 Å². The highest BCUT2D eigenvalue weighted by atomic mass is 16.2. The smallest absolute Gasteiger partial charge is 0.311 e. The highest BCUT2D eigenvalue weighted by molar-refractivity contribution is 6.35. The number of hydrogen-bond donors (Lipinski definition) is 1. The van der Waals surface area contributed by atoms with Crippen LogP contribution in [-0.4, -0.2) is 54.3 Å². The van der Waals surface area contributed by atoms with E-state index in [4.69, 9.17) is 0 Å². The summed E-state index contributed by atoms with van der Waals surface area (Å²) in [5, 5.41) is 2.55. The molecular formula is C15H21N3O2. The molecule has 0 bridgehead atoms. The quantitative estimate of drug-likeness (QED) is 0.816. The highest BCUT2D eigenvalue weighted by Gasteiger charge is 2.25. The van der Waals surface area contributed by atoms with Crippen molar-refractivity contribution in [3.8, 4) is 0 Å². The Morgan fingerprint density at radius 1 is 1.10 bits per heavy atom. The standard InChI is InChI=1S/C15H21N3O2/c1-2-16-14(19)15(20)18-10-8-17(9-11-18)12-13-6-4-3-5-7-13/h3-7H,2,8-12H2,1H3,(H,16,19). The molecule has 108 valence electrons. The highest BCUT2D eigenvalue weighted by Crippen LogP contribution is 2.08. The van der Waals surface area contributed by atoms with Crippen LogP contribution in [0.3, 0.4) is 0 Å². The summed E-state index contributed by atoms with van der Waals surface area (Å²) in [6, 6.07) is 10.3. The second-order valence-electron chi connectivity index (χ2n) is 4.91. The predicted octanol–water partition coefficient (Wildman–Crippen LogP) is 0.467. The first kappa shape index (κ1) is 14.5. The lowest BCUT2D eigenvalue weighted by molar-refractivity contribution is -0.147. The van der Waals surface area contributed by atoms with Crippen LogP contribution in [-0.2, 0) is 16.1 Å². The number of benzene rings is 1. The van der Waals surface area contributed by atoms with Gasteiger partial charge in [0.1, 0.15) is 0 Å². The Balaban J connectivity index is 1.80. The summed E-state index contributed by atoms with van der Waals surface area (Å²) < 4.78 is 0. The lowest BCUT2D eigenvalue weighted by Gasteiger charge is -2.34. The molecule has 1 aliphatic rings. The Morgan fingerprint density at radius 2 is 1.75 bits per heavy atom. The second kappa shape index (κ2) is 7.05. The number of carbonyl (C=O) groups excluding carboxylic acids is 2. The van der Waals surface area contributed by atoms with Gasteiger partial charge in [-0.3, -0.25) is 14.5 Å². The second-order valence-corrected chi connectivity index (χ2v) is 4.91. The number of likely N-dealkylation sites (N-methyl/N-ethyl adjacent to an activating group) is 1. The minimum absolute atomic E-state index is 0.411. The van der Waals surface area contributed by atoms with E-state index in [9.17, 15) is 9.59 Å². The third-order valence-electron chi connectivity index (χ3n) is 3.44. The summed E-state index contributed by atoms with van der Waals surface area (Å²) in [6.07, 6.45) is 0. The summed E-state index contributed by atoms with van der Waals surface area (Å²) in [6.45, 7) is 6.03. The lowest BCUT2D eigenvalue weighted by atomic mass is 10.2. The van der Waals surface area contributed by atoms with Crippen molar-refractivity contribution in [2.24, 2.45) is 0 Å². The minimum atomic E-state index is -0.496. The molecule has 20 heavy (non-hydrogen) atoms. The summed E-state index contributed by atoms with van der Waals surface area (Å²) >= 11 is 0. The molecule has 5 heteroatoms. The molecular weight excluding hydrogens is 254 g/mol. The fourth-order valence-corrected chi connectivity index (χ4v) is 2.33.